The van der Waals surface area contributed by atoms with Crippen molar-refractivity contribution in [2.24, 2.45) is 10.9 Å². The molecule has 0 heterocycles. The summed E-state index contributed by atoms with van der Waals surface area (Å²) in [6.07, 6.45) is 1.98. The zero-order chi connectivity index (χ0) is 14.4. The number of benzene rings is 1. The first-order valence-electron chi connectivity index (χ1n) is 6.12. The lowest BCUT2D eigenvalue weighted by Crippen LogP contribution is -2.29. The highest BCUT2D eigenvalue weighted by Gasteiger charge is 2.16. The van der Waals surface area contributed by atoms with Gasteiger partial charge in [-0.15, -0.1) is 0 Å². The molecule has 0 bridgehead atoms. The summed E-state index contributed by atoms with van der Waals surface area (Å²) in [4.78, 5) is 15.1. The molecule has 1 rings (SSSR count). The highest BCUT2D eigenvalue weighted by molar-refractivity contribution is 6.58. The van der Waals surface area contributed by atoms with Crippen molar-refractivity contribution in [1.29, 1.82) is 0 Å². The van der Waals surface area contributed by atoms with Gasteiger partial charge in [0.25, 0.3) is 0 Å². The van der Waals surface area contributed by atoms with E-state index in [1.807, 2.05) is 13.8 Å². The van der Waals surface area contributed by atoms with Gasteiger partial charge in [-0.3, -0.25) is 4.99 Å². The highest BCUT2D eigenvalue weighted by atomic mass is 16.4. The van der Waals surface area contributed by atoms with Gasteiger partial charge in [-0.05, 0) is 23.4 Å². The summed E-state index contributed by atoms with van der Waals surface area (Å²) < 4.78 is 0. The van der Waals surface area contributed by atoms with Crippen molar-refractivity contribution in [1.82, 2.24) is 0 Å². The molecule has 5 nitrogen and oxygen atoms in total. The van der Waals surface area contributed by atoms with Crippen molar-refractivity contribution in [3.8, 4) is 0 Å². The number of carboxylic acid groups (broad SMARTS) is 1. The predicted molar refractivity (Wildman–Crippen MR) is 74.7 cm³/mol. The van der Waals surface area contributed by atoms with Crippen LogP contribution in [0.5, 0.6) is 0 Å². The fraction of sp³-hybridized carbons (Fsp3) is 0.385. The Kier molecular flexibility index (Phi) is 5.72. The van der Waals surface area contributed by atoms with E-state index in [0.717, 1.165) is 5.56 Å². The number of rotatable bonds is 6. The summed E-state index contributed by atoms with van der Waals surface area (Å²) in [5, 5.41) is 26.9. The molecule has 0 unspecified atom stereocenters. The molecular formula is C13H18BNO4. The molecule has 0 aliphatic carbocycles. The highest BCUT2D eigenvalue weighted by Crippen LogP contribution is 2.08. The zero-order valence-electron chi connectivity index (χ0n) is 11.0. The SMILES string of the molecule is CC(C)C[C@H](N=Cc1ccc(B(O)O)cc1)C(=O)O. The normalized spacial score (nSPS) is 12.9. The van der Waals surface area contributed by atoms with Gasteiger partial charge in [-0.2, -0.15) is 0 Å². The maximum Gasteiger partial charge on any atom is 0.488 e. The maximum absolute atomic E-state index is 11.0. The second-order valence-electron chi connectivity index (χ2n) is 4.80. The van der Waals surface area contributed by atoms with Crippen LogP contribution in [0.15, 0.2) is 29.3 Å². The first-order valence-corrected chi connectivity index (χ1v) is 6.12. The van der Waals surface area contributed by atoms with Gasteiger partial charge in [0.15, 0.2) is 0 Å². The quantitative estimate of drug-likeness (QED) is 0.508. The molecule has 0 aliphatic rings. The molecule has 102 valence electrons. The molecule has 1 aromatic rings. The third-order valence-electron chi connectivity index (χ3n) is 2.62. The van der Waals surface area contributed by atoms with E-state index in [0.29, 0.717) is 11.9 Å². The Hall–Kier alpha value is -1.66. The molecule has 0 saturated carbocycles. The van der Waals surface area contributed by atoms with Gasteiger partial charge < -0.3 is 15.2 Å². The summed E-state index contributed by atoms with van der Waals surface area (Å²) >= 11 is 0. The molecule has 0 radical (unpaired) electrons. The average Bonchev–Trinajstić information content (AvgIpc) is 2.34. The van der Waals surface area contributed by atoms with Crippen molar-refractivity contribution in [3.63, 3.8) is 0 Å². The van der Waals surface area contributed by atoms with Gasteiger partial charge in [-0.1, -0.05) is 38.1 Å². The molecule has 0 saturated heterocycles. The lowest BCUT2D eigenvalue weighted by atomic mass is 9.80. The van der Waals surface area contributed by atoms with Gasteiger partial charge in [0.05, 0.1) is 0 Å². The summed E-state index contributed by atoms with van der Waals surface area (Å²) in [5.41, 5.74) is 1.11. The maximum atomic E-state index is 11.0. The van der Waals surface area contributed by atoms with E-state index in [1.54, 1.807) is 24.3 Å². The van der Waals surface area contributed by atoms with Crippen LogP contribution in [0.25, 0.3) is 0 Å². The number of hydrogen-bond donors (Lipinski definition) is 3. The van der Waals surface area contributed by atoms with Crippen molar-refractivity contribution in [2.45, 2.75) is 26.3 Å². The third-order valence-corrected chi connectivity index (χ3v) is 2.62. The number of nitrogens with zero attached hydrogens (tertiary/aromatic N) is 1. The number of hydrogen-bond acceptors (Lipinski definition) is 4. The molecule has 6 heteroatoms. The van der Waals surface area contributed by atoms with Gasteiger partial charge in [-0.25, -0.2) is 4.79 Å². The Morgan fingerprint density at radius 3 is 2.32 bits per heavy atom. The fourth-order valence-corrected chi connectivity index (χ4v) is 1.60. The standard InChI is InChI=1S/C13H18BNO4/c1-9(2)7-12(13(16)17)15-8-10-3-5-11(6-4-10)14(18)19/h3-6,8-9,12,18-19H,7H2,1-2H3,(H,16,17)/t12-/m0/s1. The van der Waals surface area contributed by atoms with Gasteiger partial charge in [0.1, 0.15) is 6.04 Å². The number of carbonyl (C=O) groups is 1. The molecule has 1 atom stereocenters. The first kappa shape index (κ1) is 15.4. The summed E-state index contributed by atoms with van der Waals surface area (Å²) in [5.74, 6) is -0.683. The van der Waals surface area contributed by atoms with Crippen LogP contribution >= 0.6 is 0 Å². The largest absolute Gasteiger partial charge is 0.488 e. The molecule has 0 aliphatic heterocycles. The van der Waals surface area contributed by atoms with Crippen LogP contribution in [0, 0.1) is 5.92 Å². The molecular weight excluding hydrogens is 245 g/mol. The molecule has 1 aromatic carbocycles. The van der Waals surface area contributed by atoms with Crippen LogP contribution < -0.4 is 5.46 Å². The Morgan fingerprint density at radius 1 is 1.32 bits per heavy atom. The summed E-state index contributed by atoms with van der Waals surface area (Å²) in [6.45, 7) is 3.89. The molecule has 19 heavy (non-hydrogen) atoms. The molecule has 0 spiro atoms. The Bertz CT molecular complexity index is 442. The predicted octanol–water partition coefficient (Wildman–Crippen LogP) is 0.285. The van der Waals surface area contributed by atoms with Crippen molar-refractivity contribution < 1.29 is 19.9 Å². The molecule has 0 amide bonds. The van der Waals surface area contributed by atoms with Crippen molar-refractivity contribution in [2.75, 3.05) is 0 Å². The van der Waals surface area contributed by atoms with E-state index < -0.39 is 19.1 Å². The second kappa shape index (κ2) is 7.06. The van der Waals surface area contributed by atoms with E-state index >= 15 is 0 Å². The Balaban J connectivity index is 2.75. The fourth-order valence-electron chi connectivity index (χ4n) is 1.60. The van der Waals surface area contributed by atoms with E-state index in [4.69, 9.17) is 15.2 Å². The minimum atomic E-state index is -1.50. The zero-order valence-corrected chi connectivity index (χ0v) is 11.0. The smallest absolute Gasteiger partial charge is 0.480 e. The minimum Gasteiger partial charge on any atom is -0.480 e. The van der Waals surface area contributed by atoms with Gasteiger partial charge in [0, 0.05) is 6.21 Å². The Labute approximate surface area is 112 Å². The monoisotopic (exact) mass is 263 g/mol. The van der Waals surface area contributed by atoms with E-state index in [1.165, 1.54) is 6.21 Å². The van der Waals surface area contributed by atoms with Crippen LogP contribution in [0.2, 0.25) is 0 Å². The van der Waals surface area contributed by atoms with E-state index in [-0.39, 0.29) is 5.92 Å². The number of carboxylic acids is 1. The third kappa shape index (κ3) is 5.24. The molecule has 0 fully saturated rings. The summed E-state index contributed by atoms with van der Waals surface area (Å²) in [7, 11) is -1.50. The lowest BCUT2D eigenvalue weighted by Gasteiger charge is -2.09. The van der Waals surface area contributed by atoms with E-state index in [2.05, 4.69) is 4.99 Å². The average molecular weight is 263 g/mol. The topological polar surface area (TPSA) is 90.1 Å². The number of aliphatic carboxylic acids is 1. The summed E-state index contributed by atoms with van der Waals surface area (Å²) in [6, 6.07) is 5.69. The molecule has 3 N–H and O–H groups in total. The van der Waals surface area contributed by atoms with Crippen LogP contribution in [-0.2, 0) is 4.79 Å². The van der Waals surface area contributed by atoms with Crippen LogP contribution in [0.3, 0.4) is 0 Å². The van der Waals surface area contributed by atoms with Crippen molar-refractivity contribution in [3.05, 3.63) is 29.8 Å². The first-order chi connectivity index (χ1) is 8.90. The van der Waals surface area contributed by atoms with Crippen LogP contribution in [-0.4, -0.2) is 40.5 Å². The number of aliphatic imine (C=N–C) groups is 1. The van der Waals surface area contributed by atoms with Crippen molar-refractivity contribution >= 4 is 24.8 Å². The Morgan fingerprint density at radius 2 is 1.89 bits per heavy atom. The lowest BCUT2D eigenvalue weighted by molar-refractivity contribution is -0.138. The van der Waals surface area contributed by atoms with E-state index in [9.17, 15) is 4.79 Å². The van der Waals surface area contributed by atoms with Crippen LogP contribution in [0.1, 0.15) is 25.8 Å². The van der Waals surface area contributed by atoms with Crippen LogP contribution in [0.4, 0.5) is 0 Å². The van der Waals surface area contributed by atoms with Gasteiger partial charge in [0.2, 0.25) is 0 Å². The minimum absolute atomic E-state index is 0.255. The molecule has 0 aromatic heterocycles. The second-order valence-corrected chi connectivity index (χ2v) is 4.80. The van der Waals surface area contributed by atoms with Gasteiger partial charge >= 0.3 is 13.1 Å².